The van der Waals surface area contributed by atoms with Gasteiger partial charge in [-0.2, -0.15) is 0 Å². The van der Waals surface area contributed by atoms with Gasteiger partial charge in [-0.1, -0.05) is 6.07 Å². The summed E-state index contributed by atoms with van der Waals surface area (Å²) in [5, 5.41) is 5.04. The van der Waals surface area contributed by atoms with Crippen LogP contribution in [-0.4, -0.2) is 12.8 Å². The van der Waals surface area contributed by atoms with Crippen molar-refractivity contribution in [2.45, 2.75) is 6.92 Å². The van der Waals surface area contributed by atoms with E-state index in [1.807, 2.05) is 13.0 Å². The third-order valence-corrected chi connectivity index (χ3v) is 1.68. The van der Waals surface area contributed by atoms with E-state index in [0.29, 0.717) is 24.2 Å². The maximum absolute atomic E-state index is 10.2. The number of amides is 2. The summed E-state index contributed by atoms with van der Waals surface area (Å²) in [4.78, 5) is 20.3. The minimum atomic E-state index is 0.593. The Bertz CT molecular complexity index is 323. The van der Waals surface area contributed by atoms with Gasteiger partial charge in [-0.3, -0.25) is 9.59 Å². The zero-order chi connectivity index (χ0) is 9.68. The SMILES string of the molecule is Cc1ccc(NC=O)cc1NC=O. The fourth-order valence-electron chi connectivity index (χ4n) is 0.999. The molecule has 0 unspecified atom stereocenters. The van der Waals surface area contributed by atoms with E-state index in [4.69, 9.17) is 0 Å². The Balaban J connectivity index is 2.95. The first-order chi connectivity index (χ1) is 6.27. The van der Waals surface area contributed by atoms with Gasteiger partial charge in [-0.15, -0.1) is 0 Å². The van der Waals surface area contributed by atoms with E-state index in [0.717, 1.165) is 5.56 Å². The molecule has 0 aliphatic rings. The molecule has 2 amide bonds. The molecule has 1 rings (SSSR count). The fourth-order valence-corrected chi connectivity index (χ4v) is 0.999. The van der Waals surface area contributed by atoms with Gasteiger partial charge < -0.3 is 10.6 Å². The average molecular weight is 178 g/mol. The number of carbonyl (C=O) groups is 2. The number of hydrogen-bond acceptors (Lipinski definition) is 2. The van der Waals surface area contributed by atoms with Gasteiger partial charge in [0, 0.05) is 11.4 Å². The number of nitrogens with one attached hydrogen (secondary N) is 2. The van der Waals surface area contributed by atoms with Crippen LogP contribution in [-0.2, 0) is 9.59 Å². The van der Waals surface area contributed by atoms with Crippen molar-refractivity contribution >= 4 is 24.2 Å². The molecule has 0 bridgehead atoms. The van der Waals surface area contributed by atoms with E-state index in [1.165, 1.54) is 0 Å². The van der Waals surface area contributed by atoms with Gasteiger partial charge in [0.2, 0.25) is 12.8 Å². The second kappa shape index (κ2) is 4.25. The smallest absolute Gasteiger partial charge is 0.211 e. The molecule has 13 heavy (non-hydrogen) atoms. The fraction of sp³-hybridized carbons (Fsp3) is 0.111. The van der Waals surface area contributed by atoms with Crippen molar-refractivity contribution in [3.05, 3.63) is 23.8 Å². The zero-order valence-electron chi connectivity index (χ0n) is 7.20. The molecule has 2 N–H and O–H groups in total. The maximum atomic E-state index is 10.2. The topological polar surface area (TPSA) is 58.2 Å². The van der Waals surface area contributed by atoms with Gasteiger partial charge in [0.05, 0.1) is 0 Å². The number of hydrogen-bond donors (Lipinski definition) is 2. The van der Waals surface area contributed by atoms with Crippen LogP contribution in [0.2, 0.25) is 0 Å². The Kier molecular flexibility index (Phi) is 3.03. The van der Waals surface area contributed by atoms with Crippen LogP contribution < -0.4 is 10.6 Å². The maximum Gasteiger partial charge on any atom is 0.211 e. The minimum Gasteiger partial charge on any atom is -0.329 e. The number of rotatable bonds is 4. The highest BCUT2D eigenvalue weighted by Crippen LogP contribution is 2.18. The van der Waals surface area contributed by atoms with E-state index in [9.17, 15) is 9.59 Å². The summed E-state index contributed by atoms with van der Waals surface area (Å²) >= 11 is 0. The lowest BCUT2D eigenvalue weighted by molar-refractivity contribution is -0.106. The lowest BCUT2D eigenvalue weighted by atomic mass is 10.2. The predicted octanol–water partition coefficient (Wildman–Crippen LogP) is 1.13. The Morgan fingerprint density at radius 2 is 1.85 bits per heavy atom. The number of benzene rings is 1. The van der Waals surface area contributed by atoms with E-state index in [-0.39, 0.29) is 0 Å². The summed E-state index contributed by atoms with van der Waals surface area (Å²) in [5.74, 6) is 0. The zero-order valence-corrected chi connectivity index (χ0v) is 7.20. The van der Waals surface area contributed by atoms with Crippen molar-refractivity contribution in [3.63, 3.8) is 0 Å². The third kappa shape index (κ3) is 2.30. The Hall–Kier alpha value is -1.84. The molecule has 0 spiro atoms. The first kappa shape index (κ1) is 9.25. The van der Waals surface area contributed by atoms with Crippen LogP contribution in [0.3, 0.4) is 0 Å². The normalized spacial score (nSPS) is 9.00. The van der Waals surface area contributed by atoms with Crippen LogP contribution in [0.1, 0.15) is 5.56 Å². The Morgan fingerprint density at radius 1 is 1.15 bits per heavy atom. The van der Waals surface area contributed by atoms with Gasteiger partial charge in [0.25, 0.3) is 0 Å². The molecule has 4 nitrogen and oxygen atoms in total. The summed E-state index contributed by atoms with van der Waals surface area (Å²) in [5.41, 5.74) is 2.30. The molecular formula is C9H10N2O2. The molecule has 0 heterocycles. The quantitative estimate of drug-likeness (QED) is 0.679. The van der Waals surface area contributed by atoms with Crippen LogP contribution in [0.4, 0.5) is 11.4 Å². The molecular weight excluding hydrogens is 168 g/mol. The van der Waals surface area contributed by atoms with E-state index >= 15 is 0 Å². The first-order valence-electron chi connectivity index (χ1n) is 3.79. The molecule has 0 atom stereocenters. The summed E-state index contributed by atoms with van der Waals surface area (Å²) < 4.78 is 0. The molecule has 0 fully saturated rings. The van der Waals surface area contributed by atoms with Crippen LogP contribution in [0.25, 0.3) is 0 Å². The van der Waals surface area contributed by atoms with Crippen LogP contribution >= 0.6 is 0 Å². The number of carbonyl (C=O) groups excluding carboxylic acids is 2. The molecule has 0 aliphatic carbocycles. The highest BCUT2D eigenvalue weighted by molar-refractivity contribution is 5.79. The van der Waals surface area contributed by atoms with Gasteiger partial charge in [0.1, 0.15) is 0 Å². The van der Waals surface area contributed by atoms with E-state index in [1.54, 1.807) is 12.1 Å². The third-order valence-electron chi connectivity index (χ3n) is 1.68. The molecule has 1 aromatic carbocycles. The van der Waals surface area contributed by atoms with Crippen molar-refractivity contribution in [1.29, 1.82) is 0 Å². The lowest BCUT2D eigenvalue weighted by Gasteiger charge is -2.05. The Labute approximate surface area is 75.9 Å². The highest BCUT2D eigenvalue weighted by atomic mass is 16.1. The van der Waals surface area contributed by atoms with Gasteiger partial charge >= 0.3 is 0 Å². The van der Waals surface area contributed by atoms with Crippen molar-refractivity contribution in [1.82, 2.24) is 0 Å². The summed E-state index contributed by atoms with van der Waals surface area (Å²) in [6.45, 7) is 1.87. The van der Waals surface area contributed by atoms with Crippen LogP contribution in [0, 0.1) is 6.92 Å². The van der Waals surface area contributed by atoms with Crippen LogP contribution in [0.15, 0.2) is 18.2 Å². The Morgan fingerprint density at radius 3 is 2.46 bits per heavy atom. The monoisotopic (exact) mass is 178 g/mol. The van der Waals surface area contributed by atoms with Gasteiger partial charge in [-0.25, -0.2) is 0 Å². The molecule has 0 aromatic heterocycles. The molecule has 1 aromatic rings. The standard InChI is InChI=1S/C9H10N2O2/c1-7-2-3-8(10-5-12)4-9(7)11-6-13/h2-6H,1H3,(H,10,12)(H,11,13). The minimum absolute atomic E-state index is 0.593. The summed E-state index contributed by atoms with van der Waals surface area (Å²) in [6, 6.07) is 5.27. The number of anilines is 2. The predicted molar refractivity (Wildman–Crippen MR) is 50.6 cm³/mol. The van der Waals surface area contributed by atoms with Crippen molar-refractivity contribution in [2.75, 3.05) is 10.6 Å². The number of aryl methyl sites for hydroxylation is 1. The van der Waals surface area contributed by atoms with Crippen molar-refractivity contribution < 1.29 is 9.59 Å². The van der Waals surface area contributed by atoms with E-state index in [2.05, 4.69) is 10.6 Å². The molecule has 0 radical (unpaired) electrons. The van der Waals surface area contributed by atoms with Crippen molar-refractivity contribution in [3.8, 4) is 0 Å². The molecule has 68 valence electrons. The molecule has 0 saturated heterocycles. The molecule has 0 aliphatic heterocycles. The average Bonchev–Trinajstić information content (AvgIpc) is 2.12. The van der Waals surface area contributed by atoms with Crippen molar-refractivity contribution in [2.24, 2.45) is 0 Å². The largest absolute Gasteiger partial charge is 0.329 e. The summed E-state index contributed by atoms with van der Waals surface area (Å²) in [6.07, 6.45) is 1.20. The van der Waals surface area contributed by atoms with Gasteiger partial charge in [-0.05, 0) is 24.6 Å². The second-order valence-electron chi connectivity index (χ2n) is 2.55. The van der Waals surface area contributed by atoms with Gasteiger partial charge in [0.15, 0.2) is 0 Å². The lowest BCUT2D eigenvalue weighted by Crippen LogP contribution is -1.99. The highest BCUT2D eigenvalue weighted by Gasteiger charge is 1.97. The molecule has 4 heteroatoms. The first-order valence-corrected chi connectivity index (χ1v) is 3.79. The van der Waals surface area contributed by atoms with E-state index < -0.39 is 0 Å². The molecule has 0 saturated carbocycles. The summed E-state index contributed by atoms with van der Waals surface area (Å²) in [7, 11) is 0. The van der Waals surface area contributed by atoms with Crippen LogP contribution in [0.5, 0.6) is 0 Å². The second-order valence-corrected chi connectivity index (χ2v) is 2.55.